The van der Waals surface area contributed by atoms with Gasteiger partial charge in [0.15, 0.2) is 0 Å². The van der Waals surface area contributed by atoms with Gasteiger partial charge >= 0.3 is 0 Å². The fourth-order valence-electron chi connectivity index (χ4n) is 2.11. The van der Waals surface area contributed by atoms with Crippen LogP contribution >= 0.6 is 0 Å². The van der Waals surface area contributed by atoms with Gasteiger partial charge in [-0.1, -0.05) is 6.92 Å². The molecule has 3 heteroatoms. The zero-order chi connectivity index (χ0) is 12.7. The van der Waals surface area contributed by atoms with Gasteiger partial charge in [-0.25, -0.2) is 0 Å². The minimum atomic E-state index is -0.258. The van der Waals surface area contributed by atoms with Crippen LogP contribution in [0.1, 0.15) is 44.5 Å². The normalized spacial score (nSPS) is 11.9. The second kappa shape index (κ2) is 3.96. The molecule has 1 rings (SSSR count). The first kappa shape index (κ1) is 12.8. The van der Waals surface area contributed by atoms with Crippen molar-refractivity contribution >= 4 is 0 Å². The highest BCUT2D eigenvalue weighted by atomic mass is 16.3. The van der Waals surface area contributed by atoms with Crippen LogP contribution in [0.15, 0.2) is 4.79 Å². The molecule has 0 radical (unpaired) electrons. The van der Waals surface area contributed by atoms with E-state index in [9.17, 15) is 9.90 Å². The summed E-state index contributed by atoms with van der Waals surface area (Å²) in [6, 6.07) is 0. The van der Waals surface area contributed by atoms with E-state index in [0.29, 0.717) is 5.56 Å². The van der Waals surface area contributed by atoms with Gasteiger partial charge in [0.2, 0.25) is 0 Å². The molecule has 0 bridgehead atoms. The molecule has 0 amide bonds. The quantitative estimate of drug-likeness (QED) is 0.794. The molecule has 0 aliphatic heterocycles. The fraction of sp³-hybridized carbons (Fsp3) is 0.615. The molecular weight excluding hydrogens is 202 g/mol. The molecule has 0 aromatic carbocycles. The van der Waals surface area contributed by atoms with Crippen LogP contribution in [0.2, 0.25) is 0 Å². The minimum absolute atomic E-state index is 0.0903. The Morgan fingerprint density at radius 2 is 1.69 bits per heavy atom. The third kappa shape index (κ3) is 1.86. The van der Waals surface area contributed by atoms with Gasteiger partial charge in [0.25, 0.3) is 5.56 Å². The predicted molar refractivity (Wildman–Crippen MR) is 66.2 cm³/mol. The third-order valence-electron chi connectivity index (χ3n) is 2.94. The van der Waals surface area contributed by atoms with Crippen molar-refractivity contribution in [3.8, 4) is 5.75 Å². The number of aromatic nitrogens is 1. The molecule has 1 heterocycles. The SMILES string of the molecule is CCc1c(C)c(O)c(C)c(=O)n1C(C)(C)C. The Morgan fingerprint density at radius 3 is 2.06 bits per heavy atom. The van der Waals surface area contributed by atoms with Crippen molar-refractivity contribution in [2.75, 3.05) is 0 Å². The zero-order valence-corrected chi connectivity index (χ0v) is 11.0. The molecule has 3 nitrogen and oxygen atoms in total. The fourth-order valence-corrected chi connectivity index (χ4v) is 2.11. The third-order valence-corrected chi connectivity index (χ3v) is 2.94. The number of hydrogen-bond acceptors (Lipinski definition) is 2. The van der Waals surface area contributed by atoms with Crippen LogP contribution in [0.5, 0.6) is 5.75 Å². The van der Waals surface area contributed by atoms with E-state index in [2.05, 4.69) is 0 Å². The summed E-state index contributed by atoms with van der Waals surface area (Å²) in [4.78, 5) is 12.2. The van der Waals surface area contributed by atoms with Gasteiger partial charge in [-0.15, -0.1) is 0 Å². The Hall–Kier alpha value is -1.25. The highest BCUT2D eigenvalue weighted by Crippen LogP contribution is 2.25. The van der Waals surface area contributed by atoms with Crippen LogP contribution in [0, 0.1) is 13.8 Å². The van der Waals surface area contributed by atoms with Crippen LogP contribution in [0.3, 0.4) is 0 Å². The molecule has 0 fully saturated rings. The summed E-state index contributed by atoms with van der Waals surface area (Å²) in [5, 5.41) is 9.88. The van der Waals surface area contributed by atoms with Crippen LogP contribution in [0.25, 0.3) is 0 Å². The summed E-state index contributed by atoms with van der Waals surface area (Å²) in [7, 11) is 0. The number of pyridine rings is 1. The monoisotopic (exact) mass is 223 g/mol. The summed E-state index contributed by atoms with van der Waals surface area (Å²) in [5.41, 5.74) is 1.82. The summed E-state index contributed by atoms with van der Waals surface area (Å²) >= 11 is 0. The van der Waals surface area contributed by atoms with Gasteiger partial charge in [0.05, 0.1) is 5.56 Å². The Balaban J connectivity index is 3.79. The predicted octanol–water partition coefficient (Wildman–Crippen LogP) is 2.49. The molecule has 90 valence electrons. The lowest BCUT2D eigenvalue weighted by atomic mass is 10.0. The molecule has 1 aromatic rings. The minimum Gasteiger partial charge on any atom is -0.507 e. The summed E-state index contributed by atoms with van der Waals surface area (Å²) in [5.74, 6) is 0.141. The van der Waals surface area contributed by atoms with E-state index in [1.165, 1.54) is 0 Å². The molecule has 0 atom stereocenters. The molecule has 0 saturated carbocycles. The number of nitrogens with zero attached hydrogens (tertiary/aromatic N) is 1. The van der Waals surface area contributed by atoms with Crippen molar-refractivity contribution < 1.29 is 5.11 Å². The first-order valence-electron chi connectivity index (χ1n) is 5.66. The van der Waals surface area contributed by atoms with Gasteiger partial charge in [-0.05, 0) is 41.0 Å². The Bertz CT molecular complexity index is 464. The molecule has 1 N–H and O–H groups in total. The molecule has 1 aromatic heterocycles. The molecule has 0 aliphatic carbocycles. The van der Waals surface area contributed by atoms with Gasteiger partial charge < -0.3 is 9.67 Å². The average molecular weight is 223 g/mol. The highest BCUT2D eigenvalue weighted by Gasteiger charge is 2.22. The molecule has 0 unspecified atom stereocenters. The van der Waals surface area contributed by atoms with Gasteiger partial charge in [0, 0.05) is 16.8 Å². The Morgan fingerprint density at radius 1 is 1.19 bits per heavy atom. The Kier molecular flexibility index (Phi) is 3.17. The largest absolute Gasteiger partial charge is 0.507 e. The lowest BCUT2D eigenvalue weighted by Crippen LogP contribution is -2.37. The second-order valence-corrected chi connectivity index (χ2v) is 5.21. The number of hydrogen-bond donors (Lipinski definition) is 1. The van der Waals surface area contributed by atoms with Gasteiger partial charge in [-0.2, -0.15) is 0 Å². The second-order valence-electron chi connectivity index (χ2n) is 5.21. The van der Waals surface area contributed by atoms with E-state index < -0.39 is 0 Å². The topological polar surface area (TPSA) is 42.2 Å². The number of aromatic hydroxyl groups is 1. The molecule has 0 spiro atoms. The van der Waals surface area contributed by atoms with Crippen molar-refractivity contribution in [3.05, 3.63) is 27.2 Å². The standard InChI is InChI=1S/C13H21NO2/c1-7-10-8(2)11(15)9(3)12(16)14(10)13(4,5)6/h15H,7H2,1-6H3. The van der Waals surface area contributed by atoms with Crippen molar-refractivity contribution in [2.24, 2.45) is 0 Å². The van der Waals surface area contributed by atoms with Gasteiger partial charge in [0.1, 0.15) is 5.75 Å². The van der Waals surface area contributed by atoms with Crippen molar-refractivity contribution in [1.82, 2.24) is 4.57 Å². The highest BCUT2D eigenvalue weighted by molar-refractivity contribution is 5.41. The van der Waals surface area contributed by atoms with E-state index >= 15 is 0 Å². The summed E-state index contributed by atoms with van der Waals surface area (Å²) in [6.45, 7) is 11.5. The average Bonchev–Trinajstić information content (AvgIpc) is 2.18. The molecule has 0 saturated heterocycles. The number of rotatable bonds is 1. The van der Waals surface area contributed by atoms with E-state index in [1.807, 2.05) is 34.6 Å². The van der Waals surface area contributed by atoms with Crippen LogP contribution < -0.4 is 5.56 Å². The van der Waals surface area contributed by atoms with Crippen molar-refractivity contribution in [1.29, 1.82) is 0 Å². The molecule has 0 aliphatic rings. The summed E-state index contributed by atoms with van der Waals surface area (Å²) in [6.07, 6.45) is 0.742. The first-order valence-corrected chi connectivity index (χ1v) is 5.66. The van der Waals surface area contributed by atoms with Crippen LogP contribution in [-0.2, 0) is 12.0 Å². The van der Waals surface area contributed by atoms with Gasteiger partial charge in [-0.3, -0.25) is 4.79 Å². The maximum Gasteiger partial charge on any atom is 0.257 e. The zero-order valence-electron chi connectivity index (χ0n) is 11.0. The van der Waals surface area contributed by atoms with E-state index in [0.717, 1.165) is 17.7 Å². The van der Waals surface area contributed by atoms with E-state index in [1.54, 1.807) is 11.5 Å². The lowest BCUT2D eigenvalue weighted by molar-refractivity contribution is 0.362. The lowest BCUT2D eigenvalue weighted by Gasteiger charge is -2.28. The van der Waals surface area contributed by atoms with Crippen LogP contribution in [-0.4, -0.2) is 9.67 Å². The van der Waals surface area contributed by atoms with Crippen molar-refractivity contribution in [3.63, 3.8) is 0 Å². The first-order chi connectivity index (χ1) is 7.21. The summed E-state index contributed by atoms with van der Waals surface area (Å²) < 4.78 is 1.79. The molecular formula is C13H21NO2. The Labute approximate surface area is 96.7 Å². The maximum absolute atomic E-state index is 12.2. The van der Waals surface area contributed by atoms with E-state index in [4.69, 9.17) is 0 Å². The van der Waals surface area contributed by atoms with Crippen LogP contribution in [0.4, 0.5) is 0 Å². The maximum atomic E-state index is 12.2. The van der Waals surface area contributed by atoms with E-state index in [-0.39, 0.29) is 16.8 Å². The smallest absolute Gasteiger partial charge is 0.257 e. The molecule has 16 heavy (non-hydrogen) atoms. The van der Waals surface area contributed by atoms with Crippen molar-refractivity contribution in [2.45, 2.75) is 53.5 Å².